The molecule has 0 aliphatic heterocycles. The average molecular weight is 189 g/mol. The molecule has 4 heteroatoms. The second-order valence-electron chi connectivity index (χ2n) is 2.63. The van der Waals surface area contributed by atoms with Crippen molar-refractivity contribution in [3.63, 3.8) is 0 Å². The number of carbonyl (C=O) groups is 1. The molecule has 68 valence electrons. The predicted molar refractivity (Wildman–Crippen MR) is 41.1 cm³/mol. The van der Waals surface area contributed by atoms with Gasteiger partial charge in [0.2, 0.25) is 0 Å². The molecule has 1 rings (SSSR count). The highest BCUT2D eigenvalue weighted by atomic mass is 35.5. The SMILES string of the molecule is CCCC(=O)n1cc[n+](C)c1.[Cl-]. The molecular formula is C8H13ClN2O. The standard InChI is InChI=1S/C8H13N2O.ClH/c1-3-4-8(11)10-6-5-9(2)7-10;/h5-7H,3-4H2,1-2H3;1H/q+1;/p-1. The summed E-state index contributed by atoms with van der Waals surface area (Å²) < 4.78 is 3.47. The van der Waals surface area contributed by atoms with Gasteiger partial charge in [0.25, 0.3) is 6.33 Å². The molecule has 12 heavy (non-hydrogen) atoms. The molecule has 1 aromatic rings. The highest BCUT2D eigenvalue weighted by Crippen LogP contribution is 1.92. The second-order valence-corrected chi connectivity index (χ2v) is 2.63. The number of rotatable bonds is 2. The van der Waals surface area contributed by atoms with Gasteiger partial charge in [-0.2, -0.15) is 4.57 Å². The van der Waals surface area contributed by atoms with Crippen molar-refractivity contribution in [2.24, 2.45) is 7.05 Å². The van der Waals surface area contributed by atoms with Crippen molar-refractivity contribution < 1.29 is 21.8 Å². The number of halogens is 1. The molecule has 0 spiro atoms. The highest BCUT2D eigenvalue weighted by Gasteiger charge is 2.08. The monoisotopic (exact) mass is 188 g/mol. The normalized spacial score (nSPS) is 9.17. The van der Waals surface area contributed by atoms with E-state index in [9.17, 15) is 4.79 Å². The smallest absolute Gasteiger partial charge is 0.313 e. The van der Waals surface area contributed by atoms with Crippen molar-refractivity contribution >= 4 is 5.91 Å². The van der Waals surface area contributed by atoms with Gasteiger partial charge in [-0.1, -0.05) is 6.92 Å². The molecule has 3 nitrogen and oxygen atoms in total. The first-order chi connectivity index (χ1) is 5.24. The Morgan fingerprint density at radius 1 is 1.58 bits per heavy atom. The van der Waals surface area contributed by atoms with Crippen molar-refractivity contribution in [3.8, 4) is 0 Å². The van der Waals surface area contributed by atoms with Crippen molar-refractivity contribution in [3.05, 3.63) is 18.7 Å². The number of aryl methyl sites for hydroxylation is 1. The van der Waals surface area contributed by atoms with Gasteiger partial charge < -0.3 is 12.4 Å². The lowest BCUT2D eigenvalue weighted by atomic mass is 10.3. The molecule has 0 saturated carbocycles. The fourth-order valence-corrected chi connectivity index (χ4v) is 0.941. The first kappa shape index (κ1) is 11.2. The quantitative estimate of drug-likeness (QED) is 0.482. The van der Waals surface area contributed by atoms with Gasteiger partial charge in [-0.3, -0.25) is 0 Å². The van der Waals surface area contributed by atoms with Crippen LogP contribution in [0.1, 0.15) is 24.6 Å². The number of carbonyl (C=O) groups excluding carboxylic acids is 1. The van der Waals surface area contributed by atoms with Crippen LogP contribution in [-0.4, -0.2) is 10.5 Å². The van der Waals surface area contributed by atoms with Gasteiger partial charge in [0.1, 0.15) is 12.4 Å². The molecule has 0 atom stereocenters. The zero-order valence-corrected chi connectivity index (χ0v) is 8.08. The summed E-state index contributed by atoms with van der Waals surface area (Å²) >= 11 is 0. The molecule has 0 fully saturated rings. The molecular weight excluding hydrogens is 176 g/mol. The first-order valence-corrected chi connectivity index (χ1v) is 3.80. The van der Waals surface area contributed by atoms with Crippen LogP contribution >= 0.6 is 0 Å². The summed E-state index contributed by atoms with van der Waals surface area (Å²) in [7, 11) is 1.90. The Balaban J connectivity index is 0.00000121. The van der Waals surface area contributed by atoms with E-state index in [4.69, 9.17) is 0 Å². The van der Waals surface area contributed by atoms with E-state index in [1.807, 2.05) is 24.7 Å². The van der Waals surface area contributed by atoms with Crippen LogP contribution in [0.5, 0.6) is 0 Å². The molecule has 0 bridgehead atoms. The summed E-state index contributed by atoms with van der Waals surface area (Å²) in [6.07, 6.45) is 6.93. The Morgan fingerprint density at radius 3 is 2.67 bits per heavy atom. The molecule has 0 saturated heterocycles. The summed E-state index contributed by atoms with van der Waals surface area (Å²) in [5.41, 5.74) is 0. The van der Waals surface area contributed by atoms with Crippen LogP contribution in [0, 0.1) is 0 Å². The van der Waals surface area contributed by atoms with Crippen LogP contribution in [0.3, 0.4) is 0 Å². The summed E-state index contributed by atoms with van der Waals surface area (Å²) in [6.45, 7) is 2.00. The summed E-state index contributed by atoms with van der Waals surface area (Å²) in [5.74, 6) is 0.160. The molecule has 1 heterocycles. The molecule has 0 aliphatic carbocycles. The van der Waals surface area contributed by atoms with Crippen molar-refractivity contribution in [2.45, 2.75) is 19.8 Å². The average Bonchev–Trinajstić information content (AvgIpc) is 2.36. The molecule has 0 N–H and O–H groups in total. The fraction of sp³-hybridized carbons (Fsp3) is 0.500. The third-order valence-electron chi connectivity index (χ3n) is 1.52. The van der Waals surface area contributed by atoms with E-state index in [0.29, 0.717) is 6.42 Å². The van der Waals surface area contributed by atoms with E-state index in [-0.39, 0.29) is 18.3 Å². The molecule has 0 radical (unpaired) electrons. The molecule has 0 amide bonds. The zero-order chi connectivity index (χ0) is 8.27. The number of hydrogen-bond donors (Lipinski definition) is 0. The third kappa shape index (κ3) is 2.66. The van der Waals surface area contributed by atoms with E-state index in [0.717, 1.165) is 6.42 Å². The maximum atomic E-state index is 11.2. The van der Waals surface area contributed by atoms with Gasteiger partial charge in [0, 0.05) is 6.42 Å². The Kier molecular flexibility index (Phi) is 4.59. The van der Waals surface area contributed by atoms with Crippen molar-refractivity contribution in [1.82, 2.24) is 4.57 Å². The molecule has 0 aromatic carbocycles. The summed E-state index contributed by atoms with van der Waals surface area (Å²) in [4.78, 5) is 11.2. The van der Waals surface area contributed by atoms with E-state index >= 15 is 0 Å². The van der Waals surface area contributed by atoms with Gasteiger partial charge in [0.05, 0.1) is 7.05 Å². The van der Waals surface area contributed by atoms with E-state index in [2.05, 4.69) is 0 Å². The summed E-state index contributed by atoms with van der Waals surface area (Å²) in [6, 6.07) is 0. The lowest BCUT2D eigenvalue weighted by molar-refractivity contribution is -0.670. The topological polar surface area (TPSA) is 25.9 Å². The minimum Gasteiger partial charge on any atom is -1.00 e. The Morgan fingerprint density at radius 2 is 2.25 bits per heavy atom. The Labute approximate surface area is 78.4 Å². The largest absolute Gasteiger partial charge is 1.00 e. The predicted octanol–water partition coefficient (Wildman–Crippen LogP) is -2.24. The molecule has 1 aromatic heterocycles. The number of imidazole rings is 1. The van der Waals surface area contributed by atoms with Crippen LogP contribution < -0.4 is 17.0 Å². The van der Waals surface area contributed by atoms with Gasteiger partial charge >= 0.3 is 5.91 Å². The fourth-order valence-electron chi connectivity index (χ4n) is 0.941. The number of hydrogen-bond acceptors (Lipinski definition) is 1. The van der Waals surface area contributed by atoms with Gasteiger partial charge in [-0.25, -0.2) is 9.36 Å². The number of aromatic nitrogens is 2. The van der Waals surface area contributed by atoms with Crippen LogP contribution in [0.15, 0.2) is 18.7 Å². The van der Waals surface area contributed by atoms with Gasteiger partial charge in [-0.15, -0.1) is 0 Å². The van der Waals surface area contributed by atoms with Crippen molar-refractivity contribution in [1.29, 1.82) is 0 Å². The van der Waals surface area contributed by atoms with Crippen LogP contribution in [0.25, 0.3) is 0 Å². The van der Waals surface area contributed by atoms with Crippen molar-refractivity contribution in [2.75, 3.05) is 0 Å². The summed E-state index contributed by atoms with van der Waals surface area (Å²) in [5, 5.41) is 0. The maximum Gasteiger partial charge on any atom is 0.313 e. The van der Waals surface area contributed by atoms with Gasteiger partial charge in [0.15, 0.2) is 0 Å². The van der Waals surface area contributed by atoms with Crippen LogP contribution in [0.2, 0.25) is 0 Å². The lowest BCUT2D eigenvalue weighted by Gasteiger charge is -1.89. The minimum absolute atomic E-state index is 0. The minimum atomic E-state index is 0. The van der Waals surface area contributed by atoms with Crippen LogP contribution in [0.4, 0.5) is 0 Å². The van der Waals surface area contributed by atoms with E-state index in [1.165, 1.54) is 0 Å². The zero-order valence-electron chi connectivity index (χ0n) is 7.33. The van der Waals surface area contributed by atoms with E-state index < -0.39 is 0 Å². The Hall–Kier alpha value is -0.830. The highest BCUT2D eigenvalue weighted by molar-refractivity contribution is 5.78. The van der Waals surface area contributed by atoms with Crippen LogP contribution in [-0.2, 0) is 7.05 Å². The first-order valence-electron chi connectivity index (χ1n) is 3.80. The lowest BCUT2D eigenvalue weighted by Crippen LogP contribution is -3.00. The molecule has 0 unspecified atom stereocenters. The second kappa shape index (κ2) is 4.93. The maximum absolute atomic E-state index is 11.2. The van der Waals surface area contributed by atoms with E-state index in [1.54, 1.807) is 17.1 Å². The molecule has 0 aliphatic rings. The van der Waals surface area contributed by atoms with Gasteiger partial charge in [-0.05, 0) is 6.42 Å². The third-order valence-corrected chi connectivity index (χ3v) is 1.52. The Bertz CT molecular complexity index is 257. The number of nitrogens with zero attached hydrogens (tertiary/aromatic N) is 2.